The largest absolute Gasteiger partial charge is 0.496 e. The van der Waals surface area contributed by atoms with Crippen LogP contribution in [0.4, 0.5) is 5.13 Å². The molecule has 0 bridgehead atoms. The first-order valence-electron chi connectivity index (χ1n) is 7.59. The SMILES string of the molecule is COc1ccc(/C=C/C(=O)Nc2nc(-c3ccc(Br)cc3)cs2)cc1Br. The molecule has 1 N–H and O–H groups in total. The van der Waals surface area contributed by atoms with Crippen LogP contribution >= 0.6 is 43.2 Å². The van der Waals surface area contributed by atoms with Crippen LogP contribution in [0.15, 0.2) is 62.9 Å². The van der Waals surface area contributed by atoms with Crippen molar-refractivity contribution in [2.24, 2.45) is 0 Å². The van der Waals surface area contributed by atoms with Gasteiger partial charge in [-0.05, 0) is 51.8 Å². The monoisotopic (exact) mass is 492 g/mol. The molecule has 3 rings (SSSR count). The Hall–Kier alpha value is -1.96. The Balaban J connectivity index is 1.65. The van der Waals surface area contributed by atoms with Gasteiger partial charge in [-0.3, -0.25) is 10.1 Å². The second kappa shape index (κ2) is 8.62. The van der Waals surface area contributed by atoms with Gasteiger partial charge in [0.15, 0.2) is 5.13 Å². The fourth-order valence-corrected chi connectivity index (χ4v) is 3.73. The maximum Gasteiger partial charge on any atom is 0.250 e. The Bertz CT molecular complexity index is 952. The summed E-state index contributed by atoms with van der Waals surface area (Å²) >= 11 is 8.23. The molecule has 1 heterocycles. The van der Waals surface area contributed by atoms with E-state index in [0.717, 1.165) is 31.5 Å². The second-order valence-corrected chi connectivity index (χ2v) is 7.89. The molecule has 1 amide bonds. The van der Waals surface area contributed by atoms with Gasteiger partial charge in [0.2, 0.25) is 5.91 Å². The van der Waals surface area contributed by atoms with E-state index in [9.17, 15) is 4.79 Å². The van der Waals surface area contributed by atoms with Crippen LogP contribution in [0.2, 0.25) is 0 Å². The summed E-state index contributed by atoms with van der Waals surface area (Å²) in [5.74, 6) is 0.517. The predicted molar refractivity (Wildman–Crippen MR) is 114 cm³/mol. The fourth-order valence-electron chi connectivity index (χ4n) is 2.19. The van der Waals surface area contributed by atoms with Gasteiger partial charge in [-0.25, -0.2) is 4.98 Å². The molecule has 2 aromatic carbocycles. The minimum absolute atomic E-state index is 0.228. The molecule has 4 nitrogen and oxygen atoms in total. The van der Waals surface area contributed by atoms with E-state index < -0.39 is 0 Å². The minimum atomic E-state index is -0.228. The Kier molecular flexibility index (Phi) is 6.24. The minimum Gasteiger partial charge on any atom is -0.496 e. The van der Waals surface area contributed by atoms with Crippen molar-refractivity contribution < 1.29 is 9.53 Å². The average molecular weight is 494 g/mol. The highest BCUT2D eigenvalue weighted by Crippen LogP contribution is 2.27. The molecular weight excluding hydrogens is 480 g/mol. The second-order valence-electron chi connectivity index (χ2n) is 5.26. The van der Waals surface area contributed by atoms with E-state index in [1.807, 2.05) is 47.8 Å². The van der Waals surface area contributed by atoms with Crippen molar-refractivity contribution in [1.82, 2.24) is 4.98 Å². The third-order valence-corrected chi connectivity index (χ3v) is 5.38. The molecule has 0 aliphatic carbocycles. The normalized spacial score (nSPS) is 10.9. The summed E-state index contributed by atoms with van der Waals surface area (Å²) in [7, 11) is 1.61. The number of hydrogen-bond donors (Lipinski definition) is 1. The van der Waals surface area contributed by atoms with Crippen molar-refractivity contribution in [2.45, 2.75) is 0 Å². The summed E-state index contributed by atoms with van der Waals surface area (Å²) in [6, 6.07) is 13.5. The van der Waals surface area contributed by atoms with Gasteiger partial charge in [0.05, 0.1) is 17.3 Å². The lowest BCUT2D eigenvalue weighted by Crippen LogP contribution is -2.07. The third kappa shape index (κ3) is 4.81. The highest BCUT2D eigenvalue weighted by atomic mass is 79.9. The number of aromatic nitrogens is 1. The van der Waals surface area contributed by atoms with Crippen molar-refractivity contribution in [3.8, 4) is 17.0 Å². The lowest BCUT2D eigenvalue weighted by atomic mass is 10.2. The van der Waals surface area contributed by atoms with Crippen LogP contribution in [0.3, 0.4) is 0 Å². The van der Waals surface area contributed by atoms with Crippen molar-refractivity contribution in [2.75, 3.05) is 12.4 Å². The van der Waals surface area contributed by atoms with Gasteiger partial charge in [-0.1, -0.05) is 34.1 Å². The number of halogens is 2. The fraction of sp³-hybridized carbons (Fsp3) is 0.0526. The van der Waals surface area contributed by atoms with Crippen LogP contribution in [-0.4, -0.2) is 18.0 Å². The van der Waals surface area contributed by atoms with Crippen molar-refractivity contribution >= 4 is 60.3 Å². The van der Waals surface area contributed by atoms with E-state index in [1.165, 1.54) is 17.4 Å². The van der Waals surface area contributed by atoms with Crippen molar-refractivity contribution in [3.05, 3.63) is 68.4 Å². The van der Waals surface area contributed by atoms with Gasteiger partial charge >= 0.3 is 0 Å². The molecule has 1 aromatic heterocycles. The van der Waals surface area contributed by atoms with E-state index in [-0.39, 0.29) is 5.91 Å². The number of ether oxygens (including phenoxy) is 1. The Morgan fingerprint density at radius 1 is 1.19 bits per heavy atom. The highest BCUT2D eigenvalue weighted by molar-refractivity contribution is 9.10. The molecule has 0 aliphatic heterocycles. The summed E-state index contributed by atoms with van der Waals surface area (Å²) in [5, 5.41) is 5.27. The van der Waals surface area contributed by atoms with E-state index in [1.54, 1.807) is 13.2 Å². The van der Waals surface area contributed by atoms with Crippen LogP contribution < -0.4 is 10.1 Å². The first kappa shape index (κ1) is 18.8. The maximum atomic E-state index is 12.1. The first-order valence-corrected chi connectivity index (χ1v) is 10.1. The summed E-state index contributed by atoms with van der Waals surface area (Å²) in [4.78, 5) is 16.6. The van der Waals surface area contributed by atoms with Crippen molar-refractivity contribution in [3.63, 3.8) is 0 Å². The zero-order valence-corrected chi connectivity index (χ0v) is 17.7. The topological polar surface area (TPSA) is 51.2 Å². The van der Waals surface area contributed by atoms with E-state index >= 15 is 0 Å². The number of methoxy groups -OCH3 is 1. The molecule has 3 aromatic rings. The number of nitrogens with one attached hydrogen (secondary N) is 1. The molecule has 0 aliphatic rings. The number of nitrogens with zero attached hydrogens (tertiary/aromatic N) is 1. The van der Waals surface area contributed by atoms with E-state index in [2.05, 4.69) is 42.2 Å². The summed E-state index contributed by atoms with van der Waals surface area (Å²) < 4.78 is 7.04. The van der Waals surface area contributed by atoms with Gasteiger partial charge in [-0.15, -0.1) is 11.3 Å². The lowest BCUT2D eigenvalue weighted by molar-refractivity contribution is -0.111. The van der Waals surface area contributed by atoms with Crippen LogP contribution in [0.25, 0.3) is 17.3 Å². The Labute approximate surface area is 172 Å². The molecular formula is C19H14Br2N2O2S. The average Bonchev–Trinajstić information content (AvgIpc) is 3.09. The number of rotatable bonds is 5. The van der Waals surface area contributed by atoms with E-state index in [0.29, 0.717) is 5.13 Å². The van der Waals surface area contributed by atoms with Crippen LogP contribution in [0.5, 0.6) is 5.75 Å². The summed E-state index contributed by atoms with van der Waals surface area (Å²) in [5.41, 5.74) is 2.73. The lowest BCUT2D eigenvalue weighted by Gasteiger charge is -2.03. The van der Waals surface area contributed by atoms with Crippen molar-refractivity contribution in [1.29, 1.82) is 0 Å². The number of amides is 1. The smallest absolute Gasteiger partial charge is 0.250 e. The van der Waals surface area contributed by atoms with Gasteiger partial charge in [0, 0.05) is 21.5 Å². The predicted octanol–water partition coefficient (Wildman–Crippen LogP) is 6.00. The van der Waals surface area contributed by atoms with Gasteiger partial charge < -0.3 is 4.74 Å². The molecule has 132 valence electrons. The zero-order chi connectivity index (χ0) is 18.5. The third-order valence-electron chi connectivity index (χ3n) is 3.48. The molecule has 7 heteroatoms. The standard InChI is InChI=1S/C19H14Br2N2O2S/c1-25-17-8-2-12(10-15(17)21)3-9-18(24)23-19-22-16(11-26-19)13-4-6-14(20)7-5-13/h2-11H,1H3,(H,22,23,24)/b9-3+. The number of thiazole rings is 1. The molecule has 0 radical (unpaired) electrons. The summed E-state index contributed by atoms with van der Waals surface area (Å²) in [6.07, 6.45) is 3.22. The molecule has 0 spiro atoms. The molecule has 0 atom stereocenters. The summed E-state index contributed by atoms with van der Waals surface area (Å²) in [6.45, 7) is 0. The Morgan fingerprint density at radius 3 is 2.65 bits per heavy atom. The van der Waals surface area contributed by atoms with Gasteiger partial charge in [0.1, 0.15) is 5.75 Å². The number of hydrogen-bond acceptors (Lipinski definition) is 4. The quantitative estimate of drug-likeness (QED) is 0.443. The van der Waals surface area contributed by atoms with Crippen LogP contribution in [0.1, 0.15) is 5.56 Å². The Morgan fingerprint density at radius 2 is 1.96 bits per heavy atom. The highest BCUT2D eigenvalue weighted by Gasteiger charge is 2.07. The van der Waals surface area contributed by atoms with E-state index in [4.69, 9.17) is 4.74 Å². The number of benzene rings is 2. The molecule has 0 fully saturated rings. The van der Waals surface area contributed by atoms with Crippen LogP contribution in [0, 0.1) is 0 Å². The molecule has 0 saturated heterocycles. The molecule has 26 heavy (non-hydrogen) atoms. The number of carbonyl (C=O) groups excluding carboxylic acids is 1. The zero-order valence-electron chi connectivity index (χ0n) is 13.7. The molecule has 0 unspecified atom stereocenters. The number of anilines is 1. The van der Waals surface area contributed by atoms with Gasteiger partial charge in [-0.2, -0.15) is 0 Å². The first-order chi connectivity index (χ1) is 12.5. The van der Waals surface area contributed by atoms with Gasteiger partial charge in [0.25, 0.3) is 0 Å². The molecule has 0 saturated carbocycles. The maximum absolute atomic E-state index is 12.1. The number of carbonyl (C=O) groups is 1. The van der Waals surface area contributed by atoms with Crippen LogP contribution in [-0.2, 0) is 4.79 Å².